The van der Waals surface area contributed by atoms with Crippen molar-refractivity contribution in [2.45, 2.75) is 25.9 Å². The molecule has 3 aromatic carbocycles. The molecule has 2 heterocycles. The number of nitrogens with zero attached hydrogens (tertiary/aromatic N) is 3. The van der Waals surface area contributed by atoms with Crippen LogP contribution in [-0.4, -0.2) is 33.7 Å². The van der Waals surface area contributed by atoms with E-state index in [0.29, 0.717) is 23.0 Å². The number of hydrogen-bond donors (Lipinski definition) is 1. The van der Waals surface area contributed by atoms with Crippen LogP contribution in [0.5, 0.6) is 0 Å². The molecule has 1 aromatic heterocycles. The Kier molecular flexibility index (Phi) is 6.00. The van der Waals surface area contributed by atoms with E-state index in [2.05, 4.69) is 39.6 Å². The van der Waals surface area contributed by atoms with Gasteiger partial charge in [-0.25, -0.2) is 0 Å². The van der Waals surface area contributed by atoms with E-state index in [9.17, 15) is 9.59 Å². The Morgan fingerprint density at radius 3 is 2.18 bits per heavy atom. The van der Waals surface area contributed by atoms with Crippen LogP contribution in [0, 0.1) is 0 Å². The van der Waals surface area contributed by atoms with Crippen molar-refractivity contribution in [3.63, 3.8) is 0 Å². The zero-order valence-corrected chi connectivity index (χ0v) is 18.4. The number of benzene rings is 3. The maximum atomic E-state index is 13.1. The molecular weight excluding hydrogens is 412 g/mol. The topological polar surface area (TPSA) is 67.2 Å². The Morgan fingerprint density at radius 1 is 0.818 bits per heavy atom. The van der Waals surface area contributed by atoms with Crippen molar-refractivity contribution in [3.05, 3.63) is 106 Å². The molecule has 0 unspecified atom stereocenters. The molecule has 0 radical (unpaired) electrons. The first-order chi connectivity index (χ1) is 16.2. The molecule has 1 N–H and O–H groups in total. The van der Waals surface area contributed by atoms with Gasteiger partial charge in [0.2, 0.25) is 0 Å². The lowest BCUT2D eigenvalue weighted by atomic mass is 10.1. The summed E-state index contributed by atoms with van der Waals surface area (Å²) in [6.45, 7) is 3.71. The fourth-order valence-electron chi connectivity index (χ4n) is 4.33. The van der Waals surface area contributed by atoms with Crippen molar-refractivity contribution < 1.29 is 4.79 Å². The fourth-order valence-corrected chi connectivity index (χ4v) is 4.33. The molecule has 1 aliphatic rings. The summed E-state index contributed by atoms with van der Waals surface area (Å²) in [5.74, 6) is -0.308. The number of aromatic nitrogens is 2. The van der Waals surface area contributed by atoms with Gasteiger partial charge in [0.1, 0.15) is 0 Å². The molecule has 6 nitrogen and oxygen atoms in total. The van der Waals surface area contributed by atoms with E-state index >= 15 is 0 Å². The molecule has 0 bridgehead atoms. The highest BCUT2D eigenvalue weighted by Crippen LogP contribution is 2.16. The summed E-state index contributed by atoms with van der Waals surface area (Å²) in [7, 11) is 0. The van der Waals surface area contributed by atoms with Crippen molar-refractivity contribution >= 4 is 16.7 Å². The highest BCUT2D eigenvalue weighted by atomic mass is 16.2. The number of para-hydroxylation sites is 1. The fraction of sp³-hybridized carbons (Fsp3) is 0.222. The van der Waals surface area contributed by atoms with E-state index in [1.165, 1.54) is 36.2 Å². The minimum absolute atomic E-state index is 0.236. The van der Waals surface area contributed by atoms with E-state index < -0.39 is 0 Å². The molecule has 0 aliphatic carbocycles. The van der Waals surface area contributed by atoms with Crippen LogP contribution in [0.15, 0.2) is 83.7 Å². The molecule has 4 aromatic rings. The number of likely N-dealkylation sites (tertiary alicyclic amines) is 1. The Hall–Kier alpha value is -3.77. The lowest BCUT2D eigenvalue weighted by Crippen LogP contribution is -2.29. The Balaban J connectivity index is 1.37. The molecule has 33 heavy (non-hydrogen) atoms. The lowest BCUT2D eigenvalue weighted by molar-refractivity contribution is 0.0946. The molecule has 1 saturated heterocycles. The third kappa shape index (κ3) is 4.56. The molecule has 1 aliphatic heterocycles. The summed E-state index contributed by atoms with van der Waals surface area (Å²) >= 11 is 0. The molecule has 166 valence electrons. The summed E-state index contributed by atoms with van der Waals surface area (Å²) in [6.07, 6.45) is 2.56. The van der Waals surface area contributed by atoms with Crippen molar-refractivity contribution in [3.8, 4) is 5.69 Å². The second-order valence-electron chi connectivity index (χ2n) is 8.43. The Morgan fingerprint density at radius 2 is 1.45 bits per heavy atom. The van der Waals surface area contributed by atoms with Crippen LogP contribution in [0.25, 0.3) is 16.5 Å². The summed E-state index contributed by atoms with van der Waals surface area (Å²) in [5.41, 5.74) is 2.92. The number of fused-ring (bicyclic) bond motifs is 1. The van der Waals surface area contributed by atoms with Gasteiger partial charge in [0.15, 0.2) is 5.69 Å². The van der Waals surface area contributed by atoms with Gasteiger partial charge in [-0.1, -0.05) is 60.7 Å². The van der Waals surface area contributed by atoms with Crippen LogP contribution in [0.2, 0.25) is 0 Å². The quantitative estimate of drug-likeness (QED) is 0.496. The minimum Gasteiger partial charge on any atom is -0.347 e. The summed E-state index contributed by atoms with van der Waals surface area (Å²) in [4.78, 5) is 28.6. The van der Waals surface area contributed by atoms with Crippen molar-refractivity contribution in [1.82, 2.24) is 20.0 Å². The maximum absolute atomic E-state index is 13.1. The Labute approximate surface area is 192 Å². The first-order valence-corrected chi connectivity index (χ1v) is 11.3. The van der Waals surface area contributed by atoms with E-state index in [4.69, 9.17) is 0 Å². The number of carbonyl (C=O) groups is 1. The first kappa shape index (κ1) is 21.1. The predicted octanol–water partition coefficient (Wildman–Crippen LogP) is 3.91. The number of amides is 1. The number of carbonyl (C=O) groups excluding carboxylic acids is 1. The number of rotatable bonds is 6. The number of hydrogen-bond acceptors (Lipinski definition) is 4. The van der Waals surface area contributed by atoms with Gasteiger partial charge in [-0.05, 0) is 55.3 Å². The van der Waals surface area contributed by atoms with Crippen molar-refractivity contribution in [2.24, 2.45) is 0 Å². The highest BCUT2D eigenvalue weighted by molar-refractivity contribution is 6.04. The van der Waals surface area contributed by atoms with Crippen LogP contribution in [0.4, 0.5) is 0 Å². The van der Waals surface area contributed by atoms with Crippen LogP contribution >= 0.6 is 0 Å². The Bertz CT molecular complexity index is 1320. The second kappa shape index (κ2) is 9.38. The molecule has 5 rings (SSSR count). The van der Waals surface area contributed by atoms with Gasteiger partial charge in [-0.2, -0.15) is 9.78 Å². The van der Waals surface area contributed by atoms with Crippen molar-refractivity contribution in [1.29, 1.82) is 0 Å². The maximum Gasteiger partial charge on any atom is 0.279 e. The predicted molar refractivity (Wildman–Crippen MR) is 129 cm³/mol. The molecule has 6 heteroatoms. The normalized spacial score (nSPS) is 13.9. The average Bonchev–Trinajstić information content (AvgIpc) is 3.37. The van der Waals surface area contributed by atoms with Crippen LogP contribution in [0.3, 0.4) is 0 Å². The molecule has 0 saturated carbocycles. The summed E-state index contributed by atoms with van der Waals surface area (Å²) < 4.78 is 1.30. The molecule has 1 amide bonds. The van der Waals surface area contributed by atoms with Crippen LogP contribution in [-0.2, 0) is 13.1 Å². The highest BCUT2D eigenvalue weighted by Gasteiger charge is 2.17. The number of nitrogens with one attached hydrogen (secondary N) is 1. The first-order valence-electron chi connectivity index (χ1n) is 11.3. The van der Waals surface area contributed by atoms with Gasteiger partial charge >= 0.3 is 0 Å². The van der Waals surface area contributed by atoms with Gasteiger partial charge in [-0.15, -0.1) is 0 Å². The minimum atomic E-state index is -0.308. The third-order valence-corrected chi connectivity index (χ3v) is 6.10. The monoisotopic (exact) mass is 438 g/mol. The molecule has 0 atom stereocenters. The van der Waals surface area contributed by atoms with E-state index in [1.807, 2.05) is 24.3 Å². The molecule has 1 fully saturated rings. The van der Waals surface area contributed by atoms with E-state index in [1.54, 1.807) is 30.3 Å². The summed E-state index contributed by atoms with van der Waals surface area (Å²) in [5, 5.41) is 8.43. The smallest absolute Gasteiger partial charge is 0.279 e. The zero-order chi connectivity index (χ0) is 22.6. The van der Waals surface area contributed by atoms with E-state index in [0.717, 1.165) is 12.1 Å². The van der Waals surface area contributed by atoms with E-state index in [-0.39, 0.29) is 17.2 Å². The van der Waals surface area contributed by atoms with Crippen LogP contribution in [0.1, 0.15) is 34.5 Å². The average molecular weight is 439 g/mol. The lowest BCUT2D eigenvalue weighted by Gasteiger charge is -2.15. The van der Waals surface area contributed by atoms with Crippen LogP contribution < -0.4 is 10.9 Å². The molecular formula is C27H26N4O2. The SMILES string of the molecule is O=C(NCc1ccc(CN2CCCC2)cc1)c1nn(-c2ccccc2)c(=O)c2ccccc12. The van der Waals surface area contributed by atoms with Crippen molar-refractivity contribution in [2.75, 3.05) is 13.1 Å². The third-order valence-electron chi connectivity index (χ3n) is 6.10. The molecule has 0 spiro atoms. The van der Waals surface area contributed by atoms with Gasteiger partial charge in [-0.3, -0.25) is 14.5 Å². The van der Waals surface area contributed by atoms with Gasteiger partial charge in [0.05, 0.1) is 11.1 Å². The van der Waals surface area contributed by atoms with Gasteiger partial charge in [0, 0.05) is 18.5 Å². The largest absolute Gasteiger partial charge is 0.347 e. The van der Waals surface area contributed by atoms with Gasteiger partial charge in [0.25, 0.3) is 11.5 Å². The zero-order valence-electron chi connectivity index (χ0n) is 18.4. The standard InChI is InChI=1S/C27H26N4O2/c32-26(28-18-20-12-14-21(15-13-20)19-30-16-6-7-17-30)25-23-10-4-5-11-24(23)27(33)31(29-25)22-8-2-1-3-9-22/h1-5,8-15H,6-7,16-19H2,(H,28,32). The summed E-state index contributed by atoms with van der Waals surface area (Å²) in [6, 6.07) is 24.6. The van der Waals surface area contributed by atoms with Gasteiger partial charge < -0.3 is 5.32 Å². The second-order valence-corrected chi connectivity index (χ2v) is 8.43.